The van der Waals surface area contributed by atoms with Gasteiger partial charge in [0, 0.05) is 30.1 Å². The first-order chi connectivity index (χ1) is 13.5. The topological polar surface area (TPSA) is 95.3 Å². The number of pyridine rings is 1. The molecule has 3 rings (SSSR count). The van der Waals surface area contributed by atoms with Gasteiger partial charge in [0.1, 0.15) is 17.5 Å². The summed E-state index contributed by atoms with van der Waals surface area (Å²) in [4.78, 5) is 29.0. The van der Waals surface area contributed by atoms with Crippen LogP contribution in [0.25, 0.3) is 11.3 Å². The number of anilines is 1. The summed E-state index contributed by atoms with van der Waals surface area (Å²) in [5.41, 5.74) is 1.43. The van der Waals surface area contributed by atoms with Crippen molar-refractivity contribution in [3.63, 3.8) is 0 Å². The highest BCUT2D eigenvalue weighted by Gasteiger charge is 2.20. The second kappa shape index (κ2) is 8.34. The van der Waals surface area contributed by atoms with Gasteiger partial charge in [-0.25, -0.2) is 4.68 Å². The Kier molecular flexibility index (Phi) is 5.69. The molecule has 8 heteroatoms. The van der Waals surface area contributed by atoms with E-state index in [-0.39, 0.29) is 5.56 Å². The van der Waals surface area contributed by atoms with Gasteiger partial charge in [0.2, 0.25) is 5.91 Å². The zero-order valence-corrected chi connectivity index (χ0v) is 15.7. The van der Waals surface area contributed by atoms with Gasteiger partial charge in [0.05, 0.1) is 25.6 Å². The molecule has 2 aromatic heterocycles. The summed E-state index contributed by atoms with van der Waals surface area (Å²) < 4.78 is 11.6. The van der Waals surface area contributed by atoms with Crippen LogP contribution in [-0.4, -0.2) is 34.9 Å². The van der Waals surface area contributed by atoms with Gasteiger partial charge in [0.15, 0.2) is 0 Å². The zero-order chi connectivity index (χ0) is 20.1. The van der Waals surface area contributed by atoms with Crippen LogP contribution in [0.2, 0.25) is 0 Å². The maximum absolute atomic E-state index is 12.8. The molecule has 0 aliphatic carbocycles. The van der Waals surface area contributed by atoms with Crippen molar-refractivity contribution in [3.05, 3.63) is 65.2 Å². The monoisotopic (exact) mass is 380 g/mol. The first kappa shape index (κ1) is 19.1. The third kappa shape index (κ3) is 4.01. The van der Waals surface area contributed by atoms with Crippen LogP contribution in [-0.2, 0) is 4.79 Å². The van der Waals surface area contributed by atoms with Gasteiger partial charge in [-0.3, -0.25) is 14.6 Å². The summed E-state index contributed by atoms with van der Waals surface area (Å²) in [5.74, 6) is 0.638. The Balaban J connectivity index is 1.89. The molecule has 0 aliphatic heterocycles. The minimum absolute atomic E-state index is 0.377. The van der Waals surface area contributed by atoms with Crippen molar-refractivity contribution in [2.24, 2.45) is 0 Å². The molecular formula is C20H20N4O4. The van der Waals surface area contributed by atoms with Crippen LogP contribution in [0.1, 0.15) is 13.0 Å². The maximum atomic E-state index is 12.8. The van der Waals surface area contributed by atoms with E-state index in [9.17, 15) is 9.59 Å². The first-order valence-electron chi connectivity index (χ1n) is 8.56. The van der Waals surface area contributed by atoms with Gasteiger partial charge in [0.25, 0.3) is 5.56 Å². The van der Waals surface area contributed by atoms with Crippen LogP contribution in [0.15, 0.2) is 59.7 Å². The SMILES string of the molecule is COc1ccc(OC)c(NC(=O)C(C)n2nc(-c3ccncc3)ccc2=O)c1. The number of nitrogens with one attached hydrogen (secondary N) is 1. The number of benzene rings is 1. The number of aromatic nitrogens is 3. The van der Waals surface area contributed by atoms with Crippen LogP contribution in [0.4, 0.5) is 5.69 Å². The fourth-order valence-corrected chi connectivity index (χ4v) is 2.64. The lowest BCUT2D eigenvalue weighted by molar-refractivity contribution is -0.119. The molecule has 1 unspecified atom stereocenters. The van der Waals surface area contributed by atoms with E-state index in [1.54, 1.807) is 55.7 Å². The molecule has 1 amide bonds. The number of ether oxygens (including phenoxy) is 2. The normalized spacial score (nSPS) is 11.5. The molecule has 3 aromatic rings. The molecule has 0 saturated heterocycles. The predicted octanol–water partition coefficient (Wildman–Crippen LogP) is 2.52. The molecule has 8 nitrogen and oxygen atoms in total. The van der Waals surface area contributed by atoms with Crippen LogP contribution in [0.5, 0.6) is 11.5 Å². The Bertz CT molecular complexity index is 1030. The van der Waals surface area contributed by atoms with Gasteiger partial charge >= 0.3 is 0 Å². The fraction of sp³-hybridized carbons (Fsp3) is 0.200. The smallest absolute Gasteiger partial charge is 0.267 e. The lowest BCUT2D eigenvalue weighted by Gasteiger charge is -2.17. The standard InChI is InChI=1S/C20H20N4O4/c1-13(20(26)22-17-12-15(27-2)4-6-18(17)28-3)24-19(25)7-5-16(23-24)14-8-10-21-11-9-14/h4-13H,1-3H3,(H,22,26). The lowest BCUT2D eigenvalue weighted by Crippen LogP contribution is -2.33. The van der Waals surface area contributed by atoms with Crippen LogP contribution in [0.3, 0.4) is 0 Å². The number of nitrogens with zero attached hydrogens (tertiary/aromatic N) is 3. The molecule has 2 heterocycles. The number of hydrogen-bond donors (Lipinski definition) is 1. The molecule has 0 spiro atoms. The number of amides is 1. The summed E-state index contributed by atoms with van der Waals surface area (Å²) in [6.07, 6.45) is 3.27. The van der Waals surface area contributed by atoms with E-state index < -0.39 is 11.9 Å². The molecule has 0 fully saturated rings. The third-order valence-electron chi connectivity index (χ3n) is 4.21. The molecule has 0 radical (unpaired) electrons. The van der Waals surface area contributed by atoms with E-state index in [4.69, 9.17) is 9.47 Å². The highest BCUT2D eigenvalue weighted by molar-refractivity contribution is 5.95. The van der Waals surface area contributed by atoms with Crippen molar-refractivity contribution in [2.45, 2.75) is 13.0 Å². The first-order valence-corrected chi connectivity index (χ1v) is 8.56. The maximum Gasteiger partial charge on any atom is 0.267 e. The molecule has 1 atom stereocenters. The summed E-state index contributed by atoms with van der Waals surface area (Å²) in [6, 6.07) is 10.8. The predicted molar refractivity (Wildman–Crippen MR) is 105 cm³/mol. The molecule has 28 heavy (non-hydrogen) atoms. The molecule has 0 saturated carbocycles. The quantitative estimate of drug-likeness (QED) is 0.706. The second-order valence-corrected chi connectivity index (χ2v) is 5.97. The van der Waals surface area contributed by atoms with Crippen LogP contribution in [0, 0.1) is 0 Å². The molecule has 1 N–H and O–H groups in total. The van der Waals surface area contributed by atoms with Crippen molar-refractivity contribution in [1.82, 2.24) is 14.8 Å². The Morgan fingerprint density at radius 3 is 2.50 bits per heavy atom. The Morgan fingerprint density at radius 2 is 1.82 bits per heavy atom. The lowest BCUT2D eigenvalue weighted by atomic mass is 10.2. The highest BCUT2D eigenvalue weighted by Crippen LogP contribution is 2.29. The van der Waals surface area contributed by atoms with E-state index in [1.165, 1.54) is 20.3 Å². The van der Waals surface area contributed by atoms with Crippen molar-refractivity contribution < 1.29 is 14.3 Å². The Morgan fingerprint density at radius 1 is 1.07 bits per heavy atom. The zero-order valence-electron chi connectivity index (χ0n) is 15.7. The van der Waals surface area contributed by atoms with Crippen molar-refractivity contribution in [3.8, 4) is 22.8 Å². The van der Waals surface area contributed by atoms with Crippen LogP contribution < -0.4 is 20.3 Å². The van der Waals surface area contributed by atoms with Gasteiger partial charge < -0.3 is 14.8 Å². The van der Waals surface area contributed by atoms with Gasteiger partial charge in [-0.05, 0) is 37.3 Å². The molecular weight excluding hydrogens is 360 g/mol. The largest absolute Gasteiger partial charge is 0.497 e. The van der Waals surface area contributed by atoms with Gasteiger partial charge in [-0.1, -0.05) is 0 Å². The highest BCUT2D eigenvalue weighted by atomic mass is 16.5. The third-order valence-corrected chi connectivity index (χ3v) is 4.21. The van der Waals surface area contributed by atoms with Gasteiger partial charge in [-0.15, -0.1) is 0 Å². The van der Waals surface area contributed by atoms with Crippen molar-refractivity contribution in [2.75, 3.05) is 19.5 Å². The number of methoxy groups -OCH3 is 2. The summed E-state index contributed by atoms with van der Waals surface area (Å²) in [6.45, 7) is 1.60. The Labute approximate surface area is 161 Å². The fourth-order valence-electron chi connectivity index (χ4n) is 2.64. The van der Waals surface area contributed by atoms with E-state index in [0.29, 0.717) is 22.9 Å². The van der Waals surface area contributed by atoms with E-state index in [0.717, 1.165) is 10.2 Å². The number of carbonyl (C=O) groups excluding carboxylic acids is 1. The summed E-state index contributed by atoms with van der Waals surface area (Å²) in [7, 11) is 3.04. The number of carbonyl (C=O) groups is 1. The van der Waals surface area contributed by atoms with Crippen molar-refractivity contribution >= 4 is 11.6 Å². The minimum atomic E-state index is -0.842. The van der Waals surface area contributed by atoms with Crippen LogP contribution >= 0.6 is 0 Å². The van der Waals surface area contributed by atoms with E-state index in [1.807, 2.05) is 0 Å². The molecule has 144 valence electrons. The average molecular weight is 380 g/mol. The number of rotatable bonds is 6. The number of hydrogen-bond acceptors (Lipinski definition) is 6. The van der Waals surface area contributed by atoms with Crippen molar-refractivity contribution in [1.29, 1.82) is 0 Å². The Hall–Kier alpha value is -3.68. The van der Waals surface area contributed by atoms with E-state index in [2.05, 4.69) is 15.4 Å². The summed E-state index contributed by atoms with van der Waals surface area (Å²) in [5, 5.41) is 7.11. The van der Waals surface area contributed by atoms with Gasteiger partial charge in [-0.2, -0.15) is 5.10 Å². The average Bonchev–Trinajstić information content (AvgIpc) is 2.74. The molecule has 1 aromatic carbocycles. The molecule has 0 bridgehead atoms. The van der Waals surface area contributed by atoms with E-state index >= 15 is 0 Å². The summed E-state index contributed by atoms with van der Waals surface area (Å²) >= 11 is 0. The second-order valence-electron chi connectivity index (χ2n) is 5.97. The minimum Gasteiger partial charge on any atom is -0.497 e. The molecule has 0 aliphatic rings.